The highest BCUT2D eigenvalue weighted by Gasteiger charge is 2.27. The van der Waals surface area contributed by atoms with Gasteiger partial charge in [-0.05, 0) is 20.8 Å². The van der Waals surface area contributed by atoms with Crippen molar-refractivity contribution in [2.45, 2.75) is 39.3 Å². The molecule has 0 saturated carbocycles. The monoisotopic (exact) mass is 266 g/mol. The maximum atomic E-state index is 12.0. The van der Waals surface area contributed by atoms with E-state index in [4.69, 9.17) is 4.74 Å². The van der Waals surface area contributed by atoms with Gasteiger partial charge in [-0.25, -0.2) is 4.79 Å². The molecule has 6 nitrogen and oxygen atoms in total. The molecular weight excluding hydrogens is 248 g/mol. The second-order valence-electron chi connectivity index (χ2n) is 5.63. The van der Waals surface area contributed by atoms with Crippen LogP contribution in [0.15, 0.2) is 10.9 Å². The molecule has 0 saturated heterocycles. The molecule has 1 aromatic heterocycles. The molecule has 0 atom stereocenters. The van der Waals surface area contributed by atoms with Crippen molar-refractivity contribution in [3.63, 3.8) is 0 Å². The molecule has 1 amide bonds. The Bertz CT molecular complexity index is 557. The molecule has 2 rings (SSSR count). The molecule has 0 radical (unpaired) electrons. The zero-order valence-corrected chi connectivity index (χ0v) is 11.3. The molecule has 1 aliphatic rings. The lowest BCUT2D eigenvalue weighted by Crippen LogP contribution is -2.40. The van der Waals surface area contributed by atoms with Crippen molar-refractivity contribution in [1.29, 1.82) is 0 Å². The quantitative estimate of drug-likeness (QED) is 0.743. The lowest BCUT2D eigenvalue weighted by molar-refractivity contribution is 0.0221. The maximum Gasteiger partial charge on any atom is 0.410 e. The number of nitrogens with zero attached hydrogens (tertiary/aromatic N) is 1. The number of hydrogen-bond acceptors (Lipinski definition) is 4. The fraction of sp³-hybridized carbons (Fsp3) is 0.538. The predicted molar refractivity (Wildman–Crippen MR) is 69.1 cm³/mol. The number of aromatic nitrogens is 1. The Balaban J connectivity index is 2.18. The van der Waals surface area contributed by atoms with Gasteiger partial charge >= 0.3 is 6.09 Å². The van der Waals surface area contributed by atoms with Crippen molar-refractivity contribution in [1.82, 2.24) is 9.88 Å². The number of pyridine rings is 1. The average Bonchev–Trinajstić information content (AvgIpc) is 2.25. The highest BCUT2D eigenvalue weighted by molar-refractivity contribution is 5.68. The number of fused-ring (bicyclic) bond motifs is 1. The van der Waals surface area contributed by atoms with Crippen molar-refractivity contribution >= 4 is 6.09 Å². The van der Waals surface area contributed by atoms with Crippen molar-refractivity contribution in [2.24, 2.45) is 0 Å². The van der Waals surface area contributed by atoms with Gasteiger partial charge in [-0.1, -0.05) is 0 Å². The Morgan fingerprint density at radius 1 is 1.47 bits per heavy atom. The van der Waals surface area contributed by atoms with E-state index < -0.39 is 11.7 Å². The van der Waals surface area contributed by atoms with Crippen LogP contribution in [0.5, 0.6) is 5.75 Å². The summed E-state index contributed by atoms with van der Waals surface area (Å²) in [5, 5.41) is 9.77. The number of nitrogens with one attached hydrogen (secondary N) is 1. The molecule has 1 aromatic rings. The van der Waals surface area contributed by atoms with Crippen LogP contribution in [0.4, 0.5) is 4.79 Å². The van der Waals surface area contributed by atoms with Crippen LogP contribution in [0, 0.1) is 0 Å². The van der Waals surface area contributed by atoms with E-state index in [9.17, 15) is 14.7 Å². The summed E-state index contributed by atoms with van der Waals surface area (Å²) in [5.41, 5.74) is 0.383. The minimum atomic E-state index is -0.551. The minimum absolute atomic E-state index is 0.0768. The predicted octanol–water partition coefficient (Wildman–Crippen LogP) is 1.37. The number of aromatic hydroxyl groups is 1. The summed E-state index contributed by atoms with van der Waals surface area (Å²) in [7, 11) is 0. The van der Waals surface area contributed by atoms with Gasteiger partial charge in [0.2, 0.25) is 0 Å². The van der Waals surface area contributed by atoms with Crippen molar-refractivity contribution in [3.8, 4) is 5.75 Å². The molecule has 0 bridgehead atoms. The summed E-state index contributed by atoms with van der Waals surface area (Å²) in [4.78, 5) is 27.4. The SMILES string of the molecule is CC(C)(C)OC(=O)N1CCc2[nH]c(=O)cc(O)c2C1. The molecule has 0 unspecified atom stereocenters. The number of hydrogen-bond donors (Lipinski definition) is 2. The maximum absolute atomic E-state index is 12.0. The number of H-pyrrole nitrogens is 1. The highest BCUT2D eigenvalue weighted by Crippen LogP contribution is 2.25. The van der Waals surface area contributed by atoms with E-state index in [1.165, 1.54) is 4.90 Å². The number of ether oxygens (including phenoxy) is 1. The Kier molecular flexibility index (Phi) is 3.26. The molecule has 0 fully saturated rings. The van der Waals surface area contributed by atoms with Crippen molar-refractivity contribution in [3.05, 3.63) is 27.7 Å². The van der Waals surface area contributed by atoms with E-state index in [1.807, 2.05) is 0 Å². The van der Waals surface area contributed by atoms with E-state index in [2.05, 4.69) is 4.98 Å². The van der Waals surface area contributed by atoms with E-state index in [1.54, 1.807) is 20.8 Å². The summed E-state index contributed by atoms with van der Waals surface area (Å²) in [5.74, 6) is -0.0768. The summed E-state index contributed by atoms with van der Waals surface area (Å²) in [6.07, 6.45) is 0.0850. The van der Waals surface area contributed by atoms with Crippen LogP contribution >= 0.6 is 0 Å². The molecule has 0 aliphatic carbocycles. The lowest BCUT2D eigenvalue weighted by atomic mass is 10.1. The Morgan fingerprint density at radius 3 is 2.79 bits per heavy atom. The first-order valence-corrected chi connectivity index (χ1v) is 6.18. The second kappa shape index (κ2) is 4.60. The summed E-state index contributed by atoms with van der Waals surface area (Å²) in [6.45, 7) is 6.11. The summed E-state index contributed by atoms with van der Waals surface area (Å²) >= 11 is 0. The third-order valence-corrected chi connectivity index (χ3v) is 2.85. The minimum Gasteiger partial charge on any atom is -0.507 e. The Labute approximate surface area is 111 Å². The normalized spacial score (nSPS) is 15.0. The molecule has 2 heterocycles. The van der Waals surface area contributed by atoms with Gasteiger partial charge in [0, 0.05) is 30.3 Å². The van der Waals surface area contributed by atoms with Gasteiger partial charge in [0.25, 0.3) is 5.56 Å². The fourth-order valence-corrected chi connectivity index (χ4v) is 2.01. The molecule has 0 spiro atoms. The number of rotatable bonds is 0. The molecular formula is C13H18N2O4. The number of aromatic amines is 1. The average molecular weight is 266 g/mol. The molecule has 19 heavy (non-hydrogen) atoms. The Morgan fingerprint density at radius 2 is 2.16 bits per heavy atom. The number of carbonyl (C=O) groups is 1. The summed E-state index contributed by atoms with van der Waals surface area (Å²) in [6, 6.07) is 1.12. The third-order valence-electron chi connectivity index (χ3n) is 2.85. The largest absolute Gasteiger partial charge is 0.507 e. The van der Waals surface area contributed by atoms with Gasteiger partial charge in [-0.3, -0.25) is 4.79 Å². The van der Waals surface area contributed by atoms with Crippen LogP contribution in [0.3, 0.4) is 0 Å². The van der Waals surface area contributed by atoms with E-state index >= 15 is 0 Å². The van der Waals surface area contributed by atoms with Crippen molar-refractivity contribution < 1.29 is 14.6 Å². The molecule has 104 valence electrons. The molecule has 1 aliphatic heterocycles. The zero-order chi connectivity index (χ0) is 14.2. The van der Waals surface area contributed by atoms with Gasteiger partial charge in [0.15, 0.2) is 0 Å². The van der Waals surface area contributed by atoms with Crippen LogP contribution in [-0.2, 0) is 17.7 Å². The van der Waals surface area contributed by atoms with E-state index in [0.29, 0.717) is 24.2 Å². The first-order chi connectivity index (χ1) is 8.76. The molecule has 0 aromatic carbocycles. The van der Waals surface area contributed by atoms with Crippen LogP contribution in [0.2, 0.25) is 0 Å². The van der Waals surface area contributed by atoms with Gasteiger partial charge in [0.1, 0.15) is 11.4 Å². The first kappa shape index (κ1) is 13.5. The van der Waals surface area contributed by atoms with Crippen LogP contribution in [0.1, 0.15) is 32.0 Å². The first-order valence-electron chi connectivity index (χ1n) is 6.18. The summed E-state index contributed by atoms with van der Waals surface area (Å²) < 4.78 is 5.29. The highest BCUT2D eigenvalue weighted by atomic mass is 16.6. The zero-order valence-electron chi connectivity index (χ0n) is 11.3. The van der Waals surface area contributed by atoms with Crippen LogP contribution in [-0.4, -0.2) is 33.2 Å². The molecule has 6 heteroatoms. The second-order valence-corrected chi connectivity index (χ2v) is 5.63. The smallest absolute Gasteiger partial charge is 0.410 e. The number of carbonyl (C=O) groups excluding carboxylic acids is 1. The van der Waals surface area contributed by atoms with Gasteiger partial charge in [-0.2, -0.15) is 0 Å². The van der Waals surface area contributed by atoms with E-state index in [-0.39, 0.29) is 17.9 Å². The van der Waals surface area contributed by atoms with Gasteiger partial charge < -0.3 is 19.7 Å². The number of amides is 1. The van der Waals surface area contributed by atoms with Gasteiger partial charge in [0.05, 0.1) is 6.54 Å². The standard InChI is InChI=1S/C13H18N2O4/c1-13(2,3)19-12(18)15-5-4-9-8(7-15)10(16)6-11(17)14-9/h6H,4-5,7H2,1-3H3,(H2,14,16,17). The van der Waals surface area contributed by atoms with E-state index in [0.717, 1.165) is 6.07 Å². The lowest BCUT2D eigenvalue weighted by Gasteiger charge is -2.31. The van der Waals surface area contributed by atoms with Crippen LogP contribution in [0.25, 0.3) is 0 Å². The Hall–Kier alpha value is -1.98. The topological polar surface area (TPSA) is 82.6 Å². The molecule has 2 N–H and O–H groups in total. The third kappa shape index (κ3) is 3.07. The fourth-order valence-electron chi connectivity index (χ4n) is 2.01. The van der Waals surface area contributed by atoms with Crippen LogP contribution < -0.4 is 5.56 Å². The van der Waals surface area contributed by atoms with Gasteiger partial charge in [-0.15, -0.1) is 0 Å². The van der Waals surface area contributed by atoms with Crippen molar-refractivity contribution in [2.75, 3.05) is 6.54 Å².